The highest BCUT2D eigenvalue weighted by molar-refractivity contribution is 9.09. The smallest absolute Gasteiger partial charge is 0.379 e. The van der Waals surface area contributed by atoms with Gasteiger partial charge in [-0.15, -0.1) is 0 Å². The Morgan fingerprint density at radius 3 is 2.68 bits per heavy atom. The second kappa shape index (κ2) is 7.69. The number of rotatable bonds is 7. The van der Waals surface area contributed by atoms with Crippen LogP contribution in [0.1, 0.15) is 12.6 Å². The Bertz CT molecular complexity index is 387. The molecule has 0 unspecified atom stereocenters. The van der Waals surface area contributed by atoms with Crippen LogP contribution < -0.4 is 4.90 Å². The van der Waals surface area contributed by atoms with E-state index in [-0.39, 0.29) is 0 Å². The molecule has 0 saturated carbocycles. The second-order valence-electron chi connectivity index (χ2n) is 3.78. The number of aromatic nitrogens is 1. The van der Waals surface area contributed by atoms with Crippen molar-refractivity contribution in [2.24, 2.45) is 0 Å². The van der Waals surface area contributed by atoms with E-state index in [1.807, 2.05) is 11.8 Å². The van der Waals surface area contributed by atoms with E-state index in [1.165, 1.54) is 6.20 Å². The number of pyridine rings is 1. The lowest BCUT2D eigenvalue weighted by molar-refractivity contribution is -0.141. The summed E-state index contributed by atoms with van der Waals surface area (Å²) in [6, 6.07) is 2.64. The molecule has 1 heterocycles. The van der Waals surface area contributed by atoms with Gasteiger partial charge in [-0.25, -0.2) is 0 Å². The zero-order valence-electron chi connectivity index (χ0n) is 10.6. The fourth-order valence-corrected chi connectivity index (χ4v) is 1.80. The Morgan fingerprint density at radius 2 is 2.11 bits per heavy atom. The molecule has 1 rings (SSSR count). The summed E-state index contributed by atoms with van der Waals surface area (Å²) in [6.45, 7) is 4.10. The lowest BCUT2D eigenvalue weighted by atomic mass is 10.2. The average molecular weight is 341 g/mol. The Kier molecular flexibility index (Phi) is 6.57. The van der Waals surface area contributed by atoms with Gasteiger partial charge in [-0.2, -0.15) is 13.2 Å². The molecule has 0 aliphatic rings. The molecule has 0 amide bonds. The summed E-state index contributed by atoms with van der Waals surface area (Å²) in [5, 5.41) is 0.743. The highest BCUT2D eigenvalue weighted by Crippen LogP contribution is 2.29. The van der Waals surface area contributed by atoms with Crippen molar-refractivity contribution in [3.05, 3.63) is 24.0 Å². The minimum absolute atomic E-state index is 0.475. The summed E-state index contributed by atoms with van der Waals surface area (Å²) in [4.78, 5) is 5.17. The van der Waals surface area contributed by atoms with E-state index < -0.39 is 11.9 Å². The molecular formula is C12H16BrF3N2O. The highest BCUT2D eigenvalue weighted by atomic mass is 79.9. The lowest BCUT2D eigenvalue weighted by Crippen LogP contribution is -2.27. The van der Waals surface area contributed by atoms with Gasteiger partial charge in [-0.05, 0) is 19.1 Å². The number of nitrogens with zero attached hydrogens (tertiary/aromatic N) is 2. The van der Waals surface area contributed by atoms with Crippen molar-refractivity contribution < 1.29 is 17.9 Å². The first-order chi connectivity index (χ1) is 8.99. The number of likely N-dealkylation sites (N-methyl/N-ethyl adjacent to an activating group) is 1. The predicted octanol–water partition coefficient (Wildman–Crippen LogP) is 3.34. The van der Waals surface area contributed by atoms with Gasteiger partial charge >= 0.3 is 6.18 Å². The molecule has 1 aromatic rings. The van der Waals surface area contributed by atoms with Crippen LogP contribution in [0.25, 0.3) is 0 Å². The van der Waals surface area contributed by atoms with Crippen molar-refractivity contribution in [2.75, 3.05) is 36.5 Å². The average Bonchev–Trinajstić information content (AvgIpc) is 2.38. The van der Waals surface area contributed by atoms with Crippen LogP contribution in [0.2, 0.25) is 0 Å². The number of halogens is 4. The first-order valence-electron chi connectivity index (χ1n) is 5.91. The van der Waals surface area contributed by atoms with Gasteiger partial charge in [0.05, 0.1) is 13.2 Å². The quantitative estimate of drug-likeness (QED) is 0.562. The van der Waals surface area contributed by atoms with Crippen molar-refractivity contribution in [2.45, 2.75) is 13.1 Å². The van der Waals surface area contributed by atoms with Gasteiger partial charge in [0.1, 0.15) is 5.69 Å². The third kappa shape index (κ3) is 5.36. The van der Waals surface area contributed by atoms with Gasteiger partial charge in [0.2, 0.25) is 0 Å². The molecule has 7 heteroatoms. The molecule has 0 N–H and O–H groups in total. The van der Waals surface area contributed by atoms with Crippen LogP contribution in [0.4, 0.5) is 18.9 Å². The lowest BCUT2D eigenvalue weighted by Gasteiger charge is -2.23. The van der Waals surface area contributed by atoms with Crippen molar-refractivity contribution >= 4 is 21.6 Å². The van der Waals surface area contributed by atoms with Crippen LogP contribution >= 0.6 is 15.9 Å². The molecule has 0 aliphatic heterocycles. The van der Waals surface area contributed by atoms with Crippen LogP contribution in [0, 0.1) is 0 Å². The summed E-state index contributed by atoms with van der Waals surface area (Å²) in [5.74, 6) is 0. The Balaban J connectivity index is 2.70. The van der Waals surface area contributed by atoms with E-state index in [2.05, 4.69) is 20.9 Å². The molecule has 0 spiro atoms. The van der Waals surface area contributed by atoms with Crippen molar-refractivity contribution in [3.63, 3.8) is 0 Å². The molecule has 19 heavy (non-hydrogen) atoms. The number of ether oxygens (including phenoxy) is 1. The van der Waals surface area contributed by atoms with E-state index >= 15 is 0 Å². The minimum Gasteiger partial charge on any atom is -0.379 e. The van der Waals surface area contributed by atoms with Crippen molar-refractivity contribution in [1.29, 1.82) is 0 Å². The number of anilines is 1. The Morgan fingerprint density at radius 1 is 1.37 bits per heavy atom. The maximum Gasteiger partial charge on any atom is 0.433 e. The number of alkyl halides is 4. The van der Waals surface area contributed by atoms with Gasteiger partial charge in [0, 0.05) is 30.3 Å². The summed E-state index contributed by atoms with van der Waals surface area (Å²) in [7, 11) is 0. The van der Waals surface area contributed by atoms with Crippen LogP contribution in [0.5, 0.6) is 0 Å². The van der Waals surface area contributed by atoms with Gasteiger partial charge < -0.3 is 9.64 Å². The predicted molar refractivity (Wildman–Crippen MR) is 71.7 cm³/mol. The monoisotopic (exact) mass is 340 g/mol. The fourth-order valence-electron chi connectivity index (χ4n) is 1.57. The van der Waals surface area contributed by atoms with Gasteiger partial charge in [-0.3, -0.25) is 4.98 Å². The molecule has 0 aliphatic carbocycles. The highest BCUT2D eigenvalue weighted by Gasteiger charge is 2.32. The molecule has 0 radical (unpaired) electrons. The molecule has 0 fully saturated rings. The largest absolute Gasteiger partial charge is 0.433 e. The maximum absolute atomic E-state index is 12.6. The van der Waals surface area contributed by atoms with E-state index in [4.69, 9.17) is 4.74 Å². The molecule has 0 bridgehead atoms. The van der Waals surface area contributed by atoms with Crippen LogP contribution in [-0.2, 0) is 10.9 Å². The molecular weight excluding hydrogens is 325 g/mol. The van der Waals surface area contributed by atoms with Gasteiger partial charge in [0.25, 0.3) is 0 Å². The van der Waals surface area contributed by atoms with Gasteiger partial charge in [-0.1, -0.05) is 15.9 Å². The standard InChI is InChI=1S/C12H16BrF3N2O/c1-2-18(6-8-19-7-4-13)10-3-5-17-11(9-10)12(14,15)16/h3,5,9H,2,4,6-8H2,1H3. The molecule has 3 nitrogen and oxygen atoms in total. The molecule has 0 atom stereocenters. The Hall–Kier alpha value is -0.820. The van der Waals surface area contributed by atoms with Crippen LogP contribution in [0.15, 0.2) is 18.3 Å². The summed E-state index contributed by atoms with van der Waals surface area (Å²) in [6.07, 6.45) is -3.23. The summed E-state index contributed by atoms with van der Waals surface area (Å²) >= 11 is 3.24. The molecule has 108 valence electrons. The third-order valence-electron chi connectivity index (χ3n) is 2.51. The van der Waals surface area contributed by atoms with E-state index in [0.29, 0.717) is 32.0 Å². The number of hydrogen-bond acceptors (Lipinski definition) is 3. The third-order valence-corrected chi connectivity index (χ3v) is 2.83. The normalized spacial score (nSPS) is 11.6. The van der Waals surface area contributed by atoms with Gasteiger partial charge in [0.15, 0.2) is 0 Å². The fraction of sp³-hybridized carbons (Fsp3) is 0.583. The van der Waals surface area contributed by atoms with E-state index in [0.717, 1.165) is 11.4 Å². The molecule has 0 aromatic carbocycles. The first kappa shape index (κ1) is 16.2. The van der Waals surface area contributed by atoms with Crippen molar-refractivity contribution in [1.82, 2.24) is 4.98 Å². The van der Waals surface area contributed by atoms with Crippen LogP contribution in [-0.4, -0.2) is 36.6 Å². The van der Waals surface area contributed by atoms with E-state index in [9.17, 15) is 13.2 Å². The Labute approximate surface area is 118 Å². The zero-order valence-corrected chi connectivity index (χ0v) is 12.2. The maximum atomic E-state index is 12.6. The van der Waals surface area contributed by atoms with Crippen molar-refractivity contribution in [3.8, 4) is 0 Å². The minimum atomic E-state index is -4.41. The van der Waals surface area contributed by atoms with E-state index in [1.54, 1.807) is 6.07 Å². The first-order valence-corrected chi connectivity index (χ1v) is 7.03. The summed E-state index contributed by atoms with van der Waals surface area (Å²) < 4.78 is 43.0. The molecule has 1 aromatic heterocycles. The molecule has 0 saturated heterocycles. The SMILES string of the molecule is CCN(CCOCCBr)c1ccnc(C(F)(F)F)c1. The second-order valence-corrected chi connectivity index (χ2v) is 4.57. The number of hydrogen-bond donors (Lipinski definition) is 0. The zero-order chi connectivity index (χ0) is 14.3. The topological polar surface area (TPSA) is 25.4 Å². The van der Waals surface area contributed by atoms with Crippen LogP contribution in [0.3, 0.4) is 0 Å². The summed E-state index contributed by atoms with van der Waals surface area (Å²) in [5.41, 5.74) is -0.364.